The fourth-order valence-electron chi connectivity index (χ4n) is 1.41. The lowest BCUT2D eigenvalue weighted by atomic mass is 9.97. The van der Waals surface area contributed by atoms with E-state index in [0.717, 1.165) is 12.8 Å². The Kier molecular flexibility index (Phi) is 7.42. The van der Waals surface area contributed by atoms with Gasteiger partial charge in [-0.15, -0.1) is 0 Å². The zero-order valence-corrected chi connectivity index (χ0v) is 12.3. The van der Waals surface area contributed by atoms with Gasteiger partial charge in [0.1, 0.15) is 0 Å². The Labute approximate surface area is 110 Å². The Balaban J connectivity index is 4.45. The Hall–Kier alpha value is -0.660. The highest BCUT2D eigenvalue weighted by molar-refractivity contribution is 7.87. The summed E-state index contributed by atoms with van der Waals surface area (Å²) in [5.74, 6) is -1.81. The van der Waals surface area contributed by atoms with Crippen LogP contribution in [-0.2, 0) is 15.0 Å². The topological polar surface area (TPSA) is 86.7 Å². The maximum atomic E-state index is 11.8. The van der Waals surface area contributed by atoms with Crippen LogP contribution in [0.5, 0.6) is 0 Å². The minimum Gasteiger partial charge on any atom is -0.481 e. The van der Waals surface area contributed by atoms with Gasteiger partial charge in [0, 0.05) is 20.1 Å². The Bertz CT molecular complexity index is 354. The number of aliphatic carboxylic acids is 1. The predicted octanol–water partition coefficient (Wildman–Crippen LogP) is 0.909. The zero-order chi connectivity index (χ0) is 14.3. The number of hydrogen-bond acceptors (Lipinski definition) is 3. The zero-order valence-electron chi connectivity index (χ0n) is 11.5. The molecule has 0 spiro atoms. The Morgan fingerprint density at radius 1 is 1.39 bits per heavy atom. The van der Waals surface area contributed by atoms with Crippen LogP contribution in [0, 0.1) is 11.8 Å². The summed E-state index contributed by atoms with van der Waals surface area (Å²) < 4.78 is 27.2. The van der Waals surface area contributed by atoms with Gasteiger partial charge in [0.25, 0.3) is 10.2 Å². The monoisotopic (exact) mass is 280 g/mol. The molecule has 0 aromatic heterocycles. The number of nitrogens with one attached hydrogen (secondary N) is 1. The van der Waals surface area contributed by atoms with Crippen molar-refractivity contribution in [2.75, 3.05) is 20.1 Å². The summed E-state index contributed by atoms with van der Waals surface area (Å²) in [6.07, 6.45) is 1.69. The molecule has 108 valence electrons. The molecule has 0 saturated carbocycles. The van der Waals surface area contributed by atoms with Crippen LogP contribution < -0.4 is 4.72 Å². The lowest BCUT2D eigenvalue weighted by Gasteiger charge is -2.21. The van der Waals surface area contributed by atoms with E-state index in [1.165, 1.54) is 11.4 Å². The van der Waals surface area contributed by atoms with Crippen molar-refractivity contribution in [3.05, 3.63) is 0 Å². The molecule has 1 unspecified atom stereocenters. The second-order valence-corrected chi connectivity index (χ2v) is 6.58. The molecule has 6 nitrogen and oxygen atoms in total. The molecule has 0 heterocycles. The summed E-state index contributed by atoms with van der Waals surface area (Å²) in [6.45, 7) is 5.85. The average molecular weight is 280 g/mol. The van der Waals surface area contributed by atoms with Gasteiger partial charge in [-0.25, -0.2) is 4.72 Å². The first kappa shape index (κ1) is 17.3. The van der Waals surface area contributed by atoms with E-state index in [0.29, 0.717) is 6.54 Å². The first-order valence-corrected chi connectivity index (χ1v) is 7.60. The molecule has 0 bridgehead atoms. The van der Waals surface area contributed by atoms with Crippen LogP contribution >= 0.6 is 0 Å². The maximum absolute atomic E-state index is 11.8. The van der Waals surface area contributed by atoms with Gasteiger partial charge in [0.05, 0.1) is 5.92 Å². The quantitative estimate of drug-likeness (QED) is 0.657. The summed E-state index contributed by atoms with van der Waals surface area (Å²) >= 11 is 0. The minimum atomic E-state index is -3.57. The van der Waals surface area contributed by atoms with Crippen LogP contribution in [0.2, 0.25) is 0 Å². The number of unbranched alkanes of at least 4 members (excludes halogenated alkanes) is 1. The van der Waals surface area contributed by atoms with E-state index < -0.39 is 22.1 Å². The van der Waals surface area contributed by atoms with E-state index in [4.69, 9.17) is 5.11 Å². The third kappa shape index (κ3) is 5.79. The summed E-state index contributed by atoms with van der Waals surface area (Å²) in [4.78, 5) is 11.0. The largest absolute Gasteiger partial charge is 0.481 e. The molecule has 0 amide bonds. The van der Waals surface area contributed by atoms with E-state index >= 15 is 0 Å². The lowest BCUT2D eigenvalue weighted by Crippen LogP contribution is -2.43. The fraction of sp³-hybridized carbons (Fsp3) is 0.909. The van der Waals surface area contributed by atoms with E-state index in [-0.39, 0.29) is 12.5 Å². The molecule has 0 aliphatic rings. The summed E-state index contributed by atoms with van der Waals surface area (Å²) in [5.41, 5.74) is 0. The average Bonchev–Trinajstić information content (AvgIpc) is 2.24. The molecule has 0 rings (SSSR count). The van der Waals surface area contributed by atoms with Crippen LogP contribution in [0.3, 0.4) is 0 Å². The third-order valence-corrected chi connectivity index (χ3v) is 4.38. The number of carboxylic acids is 1. The molecule has 0 fully saturated rings. The minimum absolute atomic E-state index is 0.0776. The normalized spacial score (nSPS) is 14.1. The highest BCUT2D eigenvalue weighted by Gasteiger charge is 2.25. The van der Waals surface area contributed by atoms with Gasteiger partial charge in [-0.3, -0.25) is 4.79 Å². The summed E-state index contributed by atoms with van der Waals surface area (Å²) in [6, 6.07) is 0. The molecule has 0 aromatic rings. The number of carbonyl (C=O) groups is 1. The number of nitrogens with zero attached hydrogens (tertiary/aromatic N) is 1. The van der Waals surface area contributed by atoms with Crippen molar-refractivity contribution >= 4 is 16.2 Å². The molecule has 0 saturated heterocycles. The van der Waals surface area contributed by atoms with Gasteiger partial charge in [0.2, 0.25) is 0 Å². The molecular weight excluding hydrogens is 256 g/mol. The van der Waals surface area contributed by atoms with Crippen molar-refractivity contribution < 1.29 is 18.3 Å². The second-order valence-electron chi connectivity index (χ2n) is 4.72. The highest BCUT2D eigenvalue weighted by atomic mass is 32.2. The number of carboxylic acid groups (broad SMARTS) is 1. The van der Waals surface area contributed by atoms with Crippen molar-refractivity contribution in [1.82, 2.24) is 9.03 Å². The smallest absolute Gasteiger partial charge is 0.308 e. The van der Waals surface area contributed by atoms with E-state index in [9.17, 15) is 13.2 Å². The third-order valence-electron chi connectivity index (χ3n) is 2.84. The van der Waals surface area contributed by atoms with Crippen LogP contribution in [0.1, 0.15) is 33.6 Å². The predicted molar refractivity (Wildman–Crippen MR) is 70.4 cm³/mol. The molecule has 7 heteroatoms. The Morgan fingerprint density at radius 3 is 2.33 bits per heavy atom. The molecule has 0 aliphatic heterocycles. The van der Waals surface area contributed by atoms with Gasteiger partial charge in [-0.2, -0.15) is 12.7 Å². The van der Waals surface area contributed by atoms with E-state index in [1.54, 1.807) is 13.8 Å². The van der Waals surface area contributed by atoms with Crippen LogP contribution in [0.4, 0.5) is 0 Å². The van der Waals surface area contributed by atoms with E-state index in [2.05, 4.69) is 4.72 Å². The first-order chi connectivity index (χ1) is 8.22. The molecule has 0 radical (unpaired) electrons. The summed E-state index contributed by atoms with van der Waals surface area (Å²) in [7, 11) is -2.09. The van der Waals surface area contributed by atoms with Crippen LogP contribution in [0.15, 0.2) is 0 Å². The van der Waals surface area contributed by atoms with Gasteiger partial charge in [-0.1, -0.05) is 27.2 Å². The van der Waals surface area contributed by atoms with Crippen LogP contribution in [0.25, 0.3) is 0 Å². The Morgan fingerprint density at radius 2 is 1.94 bits per heavy atom. The molecule has 0 aliphatic carbocycles. The van der Waals surface area contributed by atoms with Crippen molar-refractivity contribution in [1.29, 1.82) is 0 Å². The number of rotatable bonds is 9. The molecule has 2 N–H and O–H groups in total. The van der Waals surface area contributed by atoms with Gasteiger partial charge >= 0.3 is 5.97 Å². The second kappa shape index (κ2) is 7.70. The fourth-order valence-corrected chi connectivity index (χ4v) is 2.39. The van der Waals surface area contributed by atoms with Gasteiger partial charge < -0.3 is 5.11 Å². The molecule has 18 heavy (non-hydrogen) atoms. The number of hydrogen-bond donors (Lipinski definition) is 2. The van der Waals surface area contributed by atoms with Crippen molar-refractivity contribution in [2.24, 2.45) is 11.8 Å². The van der Waals surface area contributed by atoms with Gasteiger partial charge in [0.15, 0.2) is 0 Å². The standard InChI is InChI=1S/C11H24N2O4S/c1-5-6-7-13(4)18(16,17)12-8-10(9(2)3)11(14)15/h9-10,12H,5-8H2,1-4H3,(H,14,15). The van der Waals surface area contributed by atoms with Crippen molar-refractivity contribution in [3.63, 3.8) is 0 Å². The molecule has 0 aromatic carbocycles. The van der Waals surface area contributed by atoms with Gasteiger partial charge in [-0.05, 0) is 12.3 Å². The SMILES string of the molecule is CCCCN(C)S(=O)(=O)NCC(C(=O)O)C(C)C. The molecular formula is C11H24N2O4S. The first-order valence-electron chi connectivity index (χ1n) is 6.16. The van der Waals surface area contributed by atoms with Crippen molar-refractivity contribution in [2.45, 2.75) is 33.6 Å². The highest BCUT2D eigenvalue weighted by Crippen LogP contribution is 2.10. The van der Waals surface area contributed by atoms with E-state index in [1.807, 2.05) is 6.92 Å². The van der Waals surface area contributed by atoms with Crippen molar-refractivity contribution in [3.8, 4) is 0 Å². The molecule has 1 atom stereocenters. The lowest BCUT2D eigenvalue weighted by molar-refractivity contribution is -0.142. The maximum Gasteiger partial charge on any atom is 0.308 e. The van der Waals surface area contributed by atoms with Crippen LogP contribution in [-0.4, -0.2) is 43.9 Å². The summed E-state index contributed by atoms with van der Waals surface area (Å²) in [5, 5.41) is 8.97.